The topological polar surface area (TPSA) is 56.2 Å². The van der Waals surface area contributed by atoms with Gasteiger partial charge in [-0.05, 0) is 34.2 Å². The van der Waals surface area contributed by atoms with E-state index in [-0.39, 0.29) is 5.92 Å². The molecule has 1 amide bonds. The molecular weight excluding hydrogens is 350 g/mol. The summed E-state index contributed by atoms with van der Waals surface area (Å²) < 4.78 is 7.20. The molecule has 0 saturated carbocycles. The molecule has 1 heterocycles. The van der Waals surface area contributed by atoms with Crippen LogP contribution in [0.15, 0.2) is 60.8 Å². The summed E-state index contributed by atoms with van der Waals surface area (Å²) in [5.74, 6) is 6.03. The van der Waals surface area contributed by atoms with Gasteiger partial charge in [-0.1, -0.05) is 54.5 Å². The molecule has 0 atom stereocenters. The van der Waals surface area contributed by atoms with Crippen molar-refractivity contribution >= 4 is 6.09 Å². The van der Waals surface area contributed by atoms with Crippen molar-refractivity contribution in [3.63, 3.8) is 0 Å². The second kappa shape index (κ2) is 8.01. The van der Waals surface area contributed by atoms with Gasteiger partial charge < -0.3 is 10.1 Å². The van der Waals surface area contributed by atoms with Crippen LogP contribution in [0.5, 0.6) is 0 Å². The summed E-state index contributed by atoms with van der Waals surface area (Å²) in [5, 5.41) is 6.94. The molecule has 5 heteroatoms. The van der Waals surface area contributed by atoms with Crippen molar-refractivity contribution in [3.8, 4) is 23.0 Å². The number of hydrogen-bond donors (Lipinski definition) is 1. The second-order valence-corrected chi connectivity index (χ2v) is 6.68. The average Bonchev–Trinajstić information content (AvgIpc) is 3.27. The molecule has 1 aliphatic carbocycles. The van der Waals surface area contributed by atoms with Crippen molar-refractivity contribution in [2.24, 2.45) is 7.05 Å². The Morgan fingerprint density at radius 1 is 1.11 bits per heavy atom. The lowest BCUT2D eigenvalue weighted by atomic mass is 9.98. The number of carbonyl (C=O) groups excluding carboxylic acids is 1. The highest BCUT2D eigenvalue weighted by Crippen LogP contribution is 2.44. The number of hydrogen-bond acceptors (Lipinski definition) is 3. The molecule has 5 nitrogen and oxygen atoms in total. The maximum Gasteiger partial charge on any atom is 0.407 e. The zero-order valence-electron chi connectivity index (χ0n) is 15.7. The lowest BCUT2D eigenvalue weighted by Crippen LogP contribution is -2.26. The number of alkyl carbamates (subject to hydrolysis) is 1. The molecule has 0 bridgehead atoms. The second-order valence-electron chi connectivity index (χ2n) is 6.68. The summed E-state index contributed by atoms with van der Waals surface area (Å²) in [6.45, 7) is 0.760. The van der Waals surface area contributed by atoms with Crippen molar-refractivity contribution in [2.45, 2.75) is 12.3 Å². The van der Waals surface area contributed by atoms with E-state index in [1.165, 1.54) is 22.3 Å². The third-order valence-electron chi connectivity index (χ3n) is 4.79. The fourth-order valence-electron chi connectivity index (χ4n) is 3.51. The highest BCUT2D eigenvalue weighted by Gasteiger charge is 2.28. The number of rotatable bonds is 4. The Labute approximate surface area is 164 Å². The van der Waals surface area contributed by atoms with Crippen molar-refractivity contribution in [1.82, 2.24) is 15.1 Å². The summed E-state index contributed by atoms with van der Waals surface area (Å²) >= 11 is 0. The summed E-state index contributed by atoms with van der Waals surface area (Å²) in [5.41, 5.74) is 5.58. The molecule has 28 heavy (non-hydrogen) atoms. The molecule has 2 aromatic carbocycles. The summed E-state index contributed by atoms with van der Waals surface area (Å²) in [6, 6.07) is 18.4. The SMILES string of the molecule is Cn1ccc(C#CCCNC(=O)OCC2c3ccccc3-c3ccccc32)n1. The van der Waals surface area contributed by atoms with E-state index in [0.29, 0.717) is 19.6 Å². The number of benzene rings is 2. The van der Waals surface area contributed by atoms with Crippen molar-refractivity contribution in [1.29, 1.82) is 0 Å². The largest absolute Gasteiger partial charge is 0.449 e. The van der Waals surface area contributed by atoms with Crippen molar-refractivity contribution in [2.75, 3.05) is 13.2 Å². The molecule has 140 valence electrons. The molecule has 4 rings (SSSR count). The number of amides is 1. The van der Waals surface area contributed by atoms with Crippen LogP contribution in [0.2, 0.25) is 0 Å². The summed E-state index contributed by atoms with van der Waals surface area (Å²) in [7, 11) is 1.85. The minimum absolute atomic E-state index is 0.0714. The number of nitrogens with zero attached hydrogens (tertiary/aromatic N) is 2. The Morgan fingerprint density at radius 2 is 1.79 bits per heavy atom. The van der Waals surface area contributed by atoms with Crippen LogP contribution in [0.25, 0.3) is 11.1 Å². The maximum atomic E-state index is 12.1. The van der Waals surface area contributed by atoms with E-state index in [0.717, 1.165) is 5.69 Å². The number of nitrogens with one attached hydrogen (secondary N) is 1. The molecule has 0 fully saturated rings. The van der Waals surface area contributed by atoms with Crippen LogP contribution < -0.4 is 5.32 Å². The first-order valence-corrected chi connectivity index (χ1v) is 9.30. The van der Waals surface area contributed by atoms with Gasteiger partial charge in [0.05, 0.1) is 0 Å². The van der Waals surface area contributed by atoms with Crippen molar-refractivity contribution in [3.05, 3.63) is 77.6 Å². The van der Waals surface area contributed by atoms with E-state index < -0.39 is 6.09 Å². The summed E-state index contributed by atoms with van der Waals surface area (Å²) in [4.78, 5) is 12.1. The number of fused-ring (bicyclic) bond motifs is 3. The normalized spacial score (nSPS) is 11.9. The van der Waals surface area contributed by atoms with Crippen LogP contribution in [0.4, 0.5) is 4.79 Å². The van der Waals surface area contributed by atoms with E-state index in [1.807, 2.05) is 43.6 Å². The fraction of sp³-hybridized carbons (Fsp3) is 0.217. The Morgan fingerprint density at radius 3 is 2.43 bits per heavy atom. The van der Waals surface area contributed by atoms with E-state index in [4.69, 9.17) is 4.74 Å². The van der Waals surface area contributed by atoms with Gasteiger partial charge in [-0.25, -0.2) is 4.79 Å². The molecule has 0 aliphatic heterocycles. The van der Waals surface area contributed by atoms with E-state index in [9.17, 15) is 4.79 Å². The average molecular weight is 371 g/mol. The molecule has 1 aromatic heterocycles. The molecule has 0 radical (unpaired) electrons. The van der Waals surface area contributed by atoms with Crippen LogP contribution in [0.1, 0.15) is 29.2 Å². The van der Waals surface area contributed by atoms with Crippen LogP contribution in [0, 0.1) is 11.8 Å². The lowest BCUT2D eigenvalue weighted by Gasteiger charge is -2.14. The minimum Gasteiger partial charge on any atom is -0.449 e. The van der Waals surface area contributed by atoms with E-state index in [2.05, 4.69) is 46.5 Å². The zero-order valence-corrected chi connectivity index (χ0v) is 15.7. The van der Waals surface area contributed by atoms with Gasteiger partial charge in [-0.3, -0.25) is 4.68 Å². The van der Waals surface area contributed by atoms with Gasteiger partial charge in [0.1, 0.15) is 12.3 Å². The first-order valence-electron chi connectivity index (χ1n) is 9.30. The first kappa shape index (κ1) is 17.9. The van der Waals surface area contributed by atoms with Gasteiger partial charge in [0, 0.05) is 32.1 Å². The molecule has 1 aliphatic rings. The van der Waals surface area contributed by atoms with Crippen LogP contribution in [0.3, 0.4) is 0 Å². The standard InChI is InChI=1S/C23H21N3O2/c1-26-15-13-17(25-26)8-6-7-14-24-23(27)28-16-22-20-11-4-2-9-18(20)19-10-3-5-12-21(19)22/h2-5,9-13,15,22H,7,14,16H2,1H3,(H,24,27). The van der Waals surface area contributed by atoms with Gasteiger partial charge in [0.25, 0.3) is 0 Å². The number of aryl methyl sites for hydroxylation is 1. The molecule has 0 unspecified atom stereocenters. The van der Waals surface area contributed by atoms with Gasteiger partial charge in [-0.15, -0.1) is 0 Å². The predicted octanol–water partition coefficient (Wildman–Crippen LogP) is 3.70. The fourth-order valence-corrected chi connectivity index (χ4v) is 3.51. The van der Waals surface area contributed by atoms with Gasteiger partial charge in [0.15, 0.2) is 0 Å². The molecule has 3 aromatic rings. The van der Waals surface area contributed by atoms with Crippen LogP contribution in [-0.4, -0.2) is 29.0 Å². The summed E-state index contributed by atoms with van der Waals surface area (Å²) in [6.07, 6.45) is 1.97. The third kappa shape index (κ3) is 3.77. The van der Waals surface area contributed by atoms with Crippen LogP contribution in [-0.2, 0) is 11.8 Å². The van der Waals surface area contributed by atoms with Gasteiger partial charge in [0.2, 0.25) is 0 Å². The number of ether oxygens (including phenoxy) is 1. The first-order chi connectivity index (χ1) is 13.7. The lowest BCUT2D eigenvalue weighted by molar-refractivity contribution is 0.143. The molecular formula is C23H21N3O2. The van der Waals surface area contributed by atoms with Gasteiger partial charge in [-0.2, -0.15) is 5.10 Å². The van der Waals surface area contributed by atoms with Crippen LogP contribution >= 0.6 is 0 Å². The highest BCUT2D eigenvalue weighted by atomic mass is 16.5. The predicted molar refractivity (Wildman–Crippen MR) is 108 cm³/mol. The maximum absolute atomic E-state index is 12.1. The third-order valence-corrected chi connectivity index (χ3v) is 4.79. The van der Waals surface area contributed by atoms with E-state index in [1.54, 1.807) is 4.68 Å². The highest BCUT2D eigenvalue weighted by molar-refractivity contribution is 5.79. The minimum atomic E-state index is -0.415. The number of carbonyl (C=O) groups is 1. The van der Waals surface area contributed by atoms with Crippen molar-refractivity contribution < 1.29 is 9.53 Å². The molecule has 1 N–H and O–H groups in total. The Kier molecular flexibility index (Phi) is 5.11. The zero-order chi connectivity index (χ0) is 19.3. The molecule has 0 saturated heterocycles. The quantitative estimate of drug-likeness (QED) is 0.562. The Balaban J connectivity index is 1.30. The Hall–Kier alpha value is -3.52. The smallest absolute Gasteiger partial charge is 0.407 e. The monoisotopic (exact) mass is 371 g/mol. The Bertz CT molecular complexity index is 1010. The van der Waals surface area contributed by atoms with Gasteiger partial charge >= 0.3 is 6.09 Å². The number of aromatic nitrogens is 2. The van der Waals surface area contributed by atoms with E-state index >= 15 is 0 Å². The molecule has 0 spiro atoms.